The molecule has 0 saturated heterocycles. The highest BCUT2D eigenvalue weighted by Crippen LogP contribution is 2.45. The third-order valence-electron chi connectivity index (χ3n) is 15.7. The standard InChI is InChI=1S/C83H138O16P2/c1-4-7-10-13-16-19-22-25-28-31-33-34-35-36-37-38-39-40-41-42-44-47-48-51-54-57-60-63-66-69-81(86)93-72-78(84)73-95-100(89,90)96-74-79(85)75-97-101(91,92)98-77-80(99-83(88)71-68-65-62-59-56-53-50-45-30-27-24-21-18-15-12-9-6-3)76-94-82(87)70-67-64-61-58-55-52-49-46-43-32-29-26-23-20-17-14-11-8-5-2/h7-12,16-21,25-30,33-34,36-37,43,46,52,55,78-80,84-85H,4-6,13-15,22-24,31-32,35,38-42,44-45,47-51,53-54,56-77H2,1-3H3,(H,89,90)(H,91,92)/b10-7-,11-8-,12-9-,19-16-,20-17-,21-18-,28-25-,29-26-,30-27-,34-33-,37-36-,46-43-,55-52-. The van der Waals surface area contributed by atoms with E-state index in [2.05, 4.69) is 179 Å². The minimum absolute atomic E-state index is 0.0809. The van der Waals surface area contributed by atoms with Gasteiger partial charge in [-0.05, 0) is 141 Å². The molecule has 0 aromatic heterocycles. The first kappa shape index (κ1) is 96.2. The van der Waals surface area contributed by atoms with E-state index < -0.39 is 91.5 Å². The lowest BCUT2D eigenvalue weighted by atomic mass is 10.0. The Kier molecular flexibility index (Phi) is 71.3. The predicted octanol–water partition coefficient (Wildman–Crippen LogP) is 22.6. The molecule has 0 aromatic rings. The highest BCUT2D eigenvalue weighted by molar-refractivity contribution is 7.47. The van der Waals surface area contributed by atoms with E-state index in [1.54, 1.807) is 0 Å². The summed E-state index contributed by atoms with van der Waals surface area (Å²) < 4.78 is 61.1. The molecule has 0 aliphatic rings. The van der Waals surface area contributed by atoms with E-state index in [0.717, 1.165) is 173 Å². The third-order valence-corrected chi connectivity index (χ3v) is 17.6. The summed E-state index contributed by atoms with van der Waals surface area (Å²) in [6.07, 6.45) is 92.9. The Morgan fingerprint density at radius 1 is 0.277 bits per heavy atom. The minimum Gasteiger partial charge on any atom is -0.463 e. The van der Waals surface area contributed by atoms with Crippen molar-refractivity contribution < 1.29 is 75.8 Å². The van der Waals surface area contributed by atoms with Crippen LogP contribution in [0.25, 0.3) is 0 Å². The van der Waals surface area contributed by atoms with Gasteiger partial charge in [0.2, 0.25) is 0 Å². The normalized spacial score (nSPS) is 14.9. The van der Waals surface area contributed by atoms with Gasteiger partial charge in [-0.2, -0.15) is 0 Å². The number of unbranched alkanes of at least 4 members (excludes halogenated alkanes) is 23. The number of hydrogen-bond donors (Lipinski definition) is 4. The lowest BCUT2D eigenvalue weighted by Gasteiger charge is -2.21. The summed E-state index contributed by atoms with van der Waals surface area (Å²) >= 11 is 0. The number of phosphoric acid groups is 2. The fraction of sp³-hybridized carbons (Fsp3) is 0.651. The van der Waals surface area contributed by atoms with Gasteiger partial charge in [0, 0.05) is 19.3 Å². The van der Waals surface area contributed by atoms with Crippen molar-refractivity contribution in [1.82, 2.24) is 0 Å². The highest BCUT2D eigenvalue weighted by Gasteiger charge is 2.29. The van der Waals surface area contributed by atoms with Crippen LogP contribution in [0.5, 0.6) is 0 Å². The topological polar surface area (TPSA) is 231 Å². The Labute approximate surface area is 612 Å². The number of rotatable bonds is 72. The summed E-state index contributed by atoms with van der Waals surface area (Å²) in [5, 5.41) is 20.6. The molecule has 0 radical (unpaired) electrons. The zero-order valence-electron chi connectivity index (χ0n) is 62.8. The first-order valence-electron chi connectivity index (χ1n) is 38.8. The van der Waals surface area contributed by atoms with E-state index in [1.165, 1.54) is 57.8 Å². The van der Waals surface area contributed by atoms with Crippen LogP contribution in [0.4, 0.5) is 0 Å². The molecule has 0 aliphatic heterocycles. The molecule has 16 nitrogen and oxygen atoms in total. The fourth-order valence-electron chi connectivity index (χ4n) is 9.93. The maximum absolute atomic E-state index is 13.0. The molecular formula is C83H138O16P2. The summed E-state index contributed by atoms with van der Waals surface area (Å²) in [4.78, 5) is 58.6. The molecule has 0 spiro atoms. The summed E-state index contributed by atoms with van der Waals surface area (Å²) in [6.45, 7) is 2.29. The average molecular weight is 1450 g/mol. The number of phosphoric ester groups is 2. The van der Waals surface area contributed by atoms with Crippen LogP contribution in [0.3, 0.4) is 0 Å². The largest absolute Gasteiger partial charge is 0.472 e. The maximum atomic E-state index is 13.0. The van der Waals surface area contributed by atoms with Gasteiger partial charge in [0.05, 0.1) is 26.4 Å². The number of hydrogen-bond acceptors (Lipinski definition) is 14. The van der Waals surface area contributed by atoms with Gasteiger partial charge in [-0.15, -0.1) is 0 Å². The number of ether oxygens (including phenoxy) is 3. The SMILES string of the molecule is CC/C=C\C/C=C\C/C=C\C/C=C\C/C=C\CCCCCCCCCCCCCCCC(=O)OCC(O)COP(=O)(O)OCC(O)COP(=O)(O)OCC(COC(=O)CCCCC/C=C\C/C=C\C/C=C\C/C=C\C/C=C\CC)OC(=O)CCCCCCCCC/C=C\C/C=C\C/C=C\CC. The van der Waals surface area contributed by atoms with Crippen LogP contribution in [0.1, 0.15) is 290 Å². The number of carbonyl (C=O) groups excluding carboxylic acids is 3. The van der Waals surface area contributed by atoms with Gasteiger partial charge < -0.3 is 34.2 Å². The smallest absolute Gasteiger partial charge is 0.463 e. The third kappa shape index (κ3) is 76.1. The summed E-state index contributed by atoms with van der Waals surface area (Å²) in [6, 6.07) is 0. The summed E-state index contributed by atoms with van der Waals surface area (Å²) in [7, 11) is -9.81. The summed E-state index contributed by atoms with van der Waals surface area (Å²) in [5.74, 6) is -1.63. The zero-order valence-corrected chi connectivity index (χ0v) is 64.6. The Morgan fingerprint density at radius 2 is 0.495 bits per heavy atom. The number of aliphatic hydroxyl groups is 2. The molecule has 0 rings (SSSR count). The van der Waals surface area contributed by atoms with Gasteiger partial charge in [0.1, 0.15) is 25.4 Å². The van der Waals surface area contributed by atoms with Crippen LogP contribution in [-0.2, 0) is 55.8 Å². The Hall–Kier alpha value is -4.83. The molecule has 5 unspecified atom stereocenters. The Morgan fingerprint density at radius 3 is 0.792 bits per heavy atom. The van der Waals surface area contributed by atoms with E-state index in [-0.39, 0.29) is 19.3 Å². The average Bonchev–Trinajstić information content (AvgIpc) is 1.06. The summed E-state index contributed by atoms with van der Waals surface area (Å²) in [5.41, 5.74) is 0. The van der Waals surface area contributed by atoms with E-state index in [1.807, 2.05) is 0 Å². The molecule has 0 bridgehead atoms. The monoisotopic (exact) mass is 1450 g/mol. The van der Waals surface area contributed by atoms with Crippen molar-refractivity contribution in [2.75, 3.05) is 39.6 Å². The second kappa shape index (κ2) is 74.9. The molecule has 0 fully saturated rings. The number of allylic oxidation sites excluding steroid dienone is 26. The number of aliphatic hydroxyl groups excluding tert-OH is 2. The Balaban J connectivity index is 4.58. The van der Waals surface area contributed by atoms with Gasteiger partial charge in [-0.1, -0.05) is 288 Å². The maximum Gasteiger partial charge on any atom is 0.472 e. The fourth-order valence-corrected chi connectivity index (χ4v) is 11.5. The van der Waals surface area contributed by atoms with Gasteiger partial charge >= 0.3 is 33.6 Å². The van der Waals surface area contributed by atoms with E-state index >= 15 is 0 Å². The number of carbonyl (C=O) groups is 3. The molecule has 0 aromatic carbocycles. The van der Waals surface area contributed by atoms with Crippen LogP contribution in [-0.4, -0.2) is 95.9 Å². The lowest BCUT2D eigenvalue weighted by Crippen LogP contribution is -2.30. The Bertz CT molecular complexity index is 2470. The molecule has 18 heteroatoms. The van der Waals surface area contributed by atoms with Crippen LogP contribution >= 0.6 is 15.6 Å². The molecule has 101 heavy (non-hydrogen) atoms. The second-order valence-electron chi connectivity index (χ2n) is 25.4. The van der Waals surface area contributed by atoms with E-state index in [9.17, 15) is 43.5 Å². The van der Waals surface area contributed by atoms with Crippen molar-refractivity contribution in [3.63, 3.8) is 0 Å². The molecule has 0 aliphatic carbocycles. The van der Waals surface area contributed by atoms with Crippen LogP contribution in [0, 0.1) is 0 Å². The quantitative estimate of drug-likeness (QED) is 0.0146. The van der Waals surface area contributed by atoms with Crippen molar-refractivity contribution in [1.29, 1.82) is 0 Å². The van der Waals surface area contributed by atoms with Crippen molar-refractivity contribution in [3.05, 3.63) is 158 Å². The van der Waals surface area contributed by atoms with Crippen molar-refractivity contribution in [3.8, 4) is 0 Å². The molecule has 4 N–H and O–H groups in total. The van der Waals surface area contributed by atoms with Crippen LogP contribution in [0.2, 0.25) is 0 Å². The molecule has 5 atom stereocenters. The van der Waals surface area contributed by atoms with Crippen LogP contribution in [0.15, 0.2) is 158 Å². The van der Waals surface area contributed by atoms with Crippen molar-refractivity contribution in [2.24, 2.45) is 0 Å². The first-order chi connectivity index (χ1) is 49.2. The molecule has 0 amide bonds. The molecule has 0 saturated carbocycles. The van der Waals surface area contributed by atoms with E-state index in [0.29, 0.717) is 19.3 Å². The molecule has 0 heterocycles. The minimum atomic E-state index is -4.95. The van der Waals surface area contributed by atoms with Crippen LogP contribution < -0.4 is 0 Å². The van der Waals surface area contributed by atoms with Crippen molar-refractivity contribution >= 4 is 33.6 Å². The second-order valence-corrected chi connectivity index (χ2v) is 28.3. The van der Waals surface area contributed by atoms with Gasteiger partial charge in [-0.25, -0.2) is 9.13 Å². The molecule has 576 valence electrons. The zero-order chi connectivity index (χ0) is 73.7. The first-order valence-corrected chi connectivity index (χ1v) is 41.8. The van der Waals surface area contributed by atoms with Gasteiger partial charge in [-0.3, -0.25) is 32.5 Å². The van der Waals surface area contributed by atoms with E-state index in [4.69, 9.17) is 32.3 Å². The highest BCUT2D eigenvalue weighted by atomic mass is 31.2. The molecular weight excluding hydrogens is 1310 g/mol. The van der Waals surface area contributed by atoms with Crippen molar-refractivity contribution in [2.45, 2.75) is 309 Å². The predicted molar refractivity (Wildman–Crippen MR) is 417 cm³/mol. The lowest BCUT2D eigenvalue weighted by molar-refractivity contribution is -0.161. The van der Waals surface area contributed by atoms with Gasteiger partial charge in [0.15, 0.2) is 6.10 Å². The van der Waals surface area contributed by atoms with Gasteiger partial charge in [0.25, 0.3) is 0 Å². The number of esters is 3.